The van der Waals surface area contributed by atoms with Crippen LogP contribution >= 0.6 is 0 Å². The molecule has 19 heavy (non-hydrogen) atoms. The second-order valence-electron chi connectivity index (χ2n) is 5.68. The van der Waals surface area contributed by atoms with E-state index in [0.29, 0.717) is 6.04 Å². The van der Waals surface area contributed by atoms with Crippen LogP contribution in [-0.2, 0) is 26.4 Å². The highest BCUT2D eigenvalue weighted by molar-refractivity contribution is 5.30. The number of nitrogens with zero attached hydrogens (tertiary/aromatic N) is 5. The highest BCUT2D eigenvalue weighted by Gasteiger charge is 2.30. The maximum Gasteiger partial charge on any atom is 0.0773 e. The average molecular weight is 257 g/mol. The molecule has 0 radical (unpaired) electrons. The monoisotopic (exact) mass is 257 g/mol. The summed E-state index contributed by atoms with van der Waals surface area (Å²) in [6.45, 7) is 3.24. The third kappa shape index (κ3) is 1.80. The van der Waals surface area contributed by atoms with Gasteiger partial charge in [0.05, 0.1) is 17.4 Å². The van der Waals surface area contributed by atoms with Crippen molar-refractivity contribution in [1.29, 1.82) is 0 Å². The van der Waals surface area contributed by atoms with Crippen LogP contribution in [0.5, 0.6) is 0 Å². The fourth-order valence-corrected chi connectivity index (χ4v) is 3.33. The lowest BCUT2D eigenvalue weighted by atomic mass is 10.1. The predicted molar refractivity (Wildman–Crippen MR) is 71.8 cm³/mol. The summed E-state index contributed by atoms with van der Waals surface area (Å²) in [7, 11) is 2.08. The third-order valence-electron chi connectivity index (χ3n) is 4.41. The van der Waals surface area contributed by atoms with E-state index in [0.717, 1.165) is 19.6 Å². The van der Waals surface area contributed by atoms with Gasteiger partial charge >= 0.3 is 0 Å². The van der Waals surface area contributed by atoms with Crippen LogP contribution in [0, 0.1) is 0 Å². The van der Waals surface area contributed by atoms with E-state index in [9.17, 15) is 0 Å². The normalized spacial score (nSPS) is 19.6. The molecular weight excluding hydrogens is 238 g/mol. The molecule has 0 unspecified atom stereocenters. The van der Waals surface area contributed by atoms with Gasteiger partial charge < -0.3 is 0 Å². The zero-order valence-corrected chi connectivity index (χ0v) is 11.3. The number of rotatable bonds is 3. The summed E-state index contributed by atoms with van der Waals surface area (Å²) < 4.78 is 4.16. The Bertz CT molecular complexity index is 577. The molecule has 0 atom stereocenters. The number of likely N-dealkylation sites (tertiary alicyclic amines) is 1. The van der Waals surface area contributed by atoms with Crippen molar-refractivity contribution in [3.05, 3.63) is 35.4 Å². The van der Waals surface area contributed by atoms with Gasteiger partial charge in [-0.15, -0.1) is 0 Å². The molecule has 1 aliphatic heterocycles. The van der Waals surface area contributed by atoms with Crippen LogP contribution in [0.15, 0.2) is 18.5 Å². The van der Waals surface area contributed by atoms with Gasteiger partial charge in [0.15, 0.2) is 0 Å². The lowest BCUT2D eigenvalue weighted by molar-refractivity contribution is 0.0880. The van der Waals surface area contributed by atoms with E-state index in [1.54, 1.807) is 0 Å². The number of hydrogen-bond acceptors (Lipinski definition) is 3. The van der Waals surface area contributed by atoms with Gasteiger partial charge in [0.2, 0.25) is 0 Å². The summed E-state index contributed by atoms with van der Waals surface area (Å²) in [5, 5.41) is 8.96. The summed E-state index contributed by atoms with van der Waals surface area (Å²) in [6.07, 6.45) is 7.58. The molecule has 1 saturated heterocycles. The summed E-state index contributed by atoms with van der Waals surface area (Å²) >= 11 is 0. The van der Waals surface area contributed by atoms with Gasteiger partial charge in [-0.3, -0.25) is 14.3 Å². The highest BCUT2D eigenvalue weighted by Crippen LogP contribution is 2.28. The Morgan fingerprint density at radius 2 is 2.21 bits per heavy atom. The topological polar surface area (TPSA) is 38.9 Å². The predicted octanol–water partition coefficient (Wildman–Crippen LogP) is 1.16. The fourth-order valence-electron chi connectivity index (χ4n) is 3.33. The molecule has 0 spiro atoms. The minimum atomic E-state index is 0.552. The molecule has 5 nitrogen and oxygen atoms in total. The van der Waals surface area contributed by atoms with Crippen LogP contribution in [0.4, 0.5) is 0 Å². The van der Waals surface area contributed by atoms with E-state index < -0.39 is 0 Å². The van der Waals surface area contributed by atoms with Crippen LogP contribution in [0.1, 0.15) is 29.4 Å². The Balaban J connectivity index is 1.44. The van der Waals surface area contributed by atoms with Crippen molar-refractivity contribution < 1.29 is 0 Å². The lowest BCUT2D eigenvalue weighted by Crippen LogP contribution is -2.47. The Morgan fingerprint density at radius 1 is 1.32 bits per heavy atom. The molecule has 0 aromatic carbocycles. The van der Waals surface area contributed by atoms with Crippen LogP contribution in [0.2, 0.25) is 0 Å². The summed E-state index contributed by atoms with van der Waals surface area (Å²) in [4.78, 5) is 2.49. The maximum absolute atomic E-state index is 4.64. The molecule has 2 aliphatic rings. The van der Waals surface area contributed by atoms with Crippen molar-refractivity contribution in [2.45, 2.75) is 31.8 Å². The molecule has 1 fully saturated rings. The molecule has 100 valence electrons. The standard InChI is InChI=1S/C14H19N5/c1-17-14(12-4-2-5-13(12)16-17)10-18-8-11(9-18)19-7-3-6-15-19/h3,6-7,11H,2,4-5,8-10H2,1H3. The molecule has 0 saturated carbocycles. The molecule has 2 aromatic rings. The zero-order chi connectivity index (χ0) is 12.8. The van der Waals surface area contributed by atoms with Crippen molar-refractivity contribution in [1.82, 2.24) is 24.5 Å². The van der Waals surface area contributed by atoms with Gasteiger partial charge in [0, 0.05) is 39.1 Å². The summed E-state index contributed by atoms with van der Waals surface area (Å²) in [5.41, 5.74) is 4.28. The number of hydrogen-bond donors (Lipinski definition) is 0. The first-order chi connectivity index (χ1) is 9.31. The highest BCUT2D eigenvalue weighted by atomic mass is 15.4. The molecule has 0 amide bonds. The molecular formula is C14H19N5. The van der Waals surface area contributed by atoms with Gasteiger partial charge in [-0.25, -0.2) is 0 Å². The molecule has 5 heteroatoms. The lowest BCUT2D eigenvalue weighted by Gasteiger charge is -2.39. The van der Waals surface area contributed by atoms with Gasteiger partial charge in [-0.2, -0.15) is 10.2 Å². The van der Waals surface area contributed by atoms with Gasteiger partial charge in [0.25, 0.3) is 0 Å². The molecule has 0 N–H and O–H groups in total. The van der Waals surface area contributed by atoms with Crippen molar-refractivity contribution in [3.8, 4) is 0 Å². The van der Waals surface area contributed by atoms with E-state index in [-0.39, 0.29) is 0 Å². The largest absolute Gasteiger partial charge is 0.293 e. The van der Waals surface area contributed by atoms with E-state index >= 15 is 0 Å². The molecule has 0 bridgehead atoms. The minimum absolute atomic E-state index is 0.552. The van der Waals surface area contributed by atoms with Crippen molar-refractivity contribution in [2.75, 3.05) is 13.1 Å². The van der Waals surface area contributed by atoms with Crippen LogP contribution in [-0.4, -0.2) is 37.6 Å². The van der Waals surface area contributed by atoms with Crippen LogP contribution in [0.25, 0.3) is 0 Å². The molecule has 2 aromatic heterocycles. The first kappa shape index (κ1) is 11.2. The van der Waals surface area contributed by atoms with E-state index in [1.165, 1.54) is 36.2 Å². The van der Waals surface area contributed by atoms with Gasteiger partial charge in [-0.1, -0.05) is 0 Å². The molecule has 3 heterocycles. The van der Waals surface area contributed by atoms with Gasteiger partial charge in [-0.05, 0) is 30.9 Å². The second kappa shape index (κ2) is 4.20. The SMILES string of the molecule is Cn1nc2c(c1CN1CC(n3cccn3)C1)CCC2. The molecule has 4 rings (SSSR count). The van der Waals surface area contributed by atoms with E-state index in [1.807, 2.05) is 12.3 Å². The fraction of sp³-hybridized carbons (Fsp3) is 0.571. The van der Waals surface area contributed by atoms with E-state index in [4.69, 9.17) is 0 Å². The Kier molecular flexibility index (Phi) is 2.48. The Labute approximate surface area is 112 Å². The number of aromatic nitrogens is 4. The number of fused-ring (bicyclic) bond motifs is 1. The third-order valence-corrected chi connectivity index (χ3v) is 4.41. The average Bonchev–Trinajstić information content (AvgIpc) is 3.01. The zero-order valence-electron chi connectivity index (χ0n) is 11.3. The van der Waals surface area contributed by atoms with Crippen LogP contribution in [0.3, 0.4) is 0 Å². The first-order valence-electron chi connectivity index (χ1n) is 7.06. The number of aryl methyl sites for hydroxylation is 2. The van der Waals surface area contributed by atoms with E-state index in [2.05, 4.69) is 37.7 Å². The van der Waals surface area contributed by atoms with Crippen molar-refractivity contribution in [3.63, 3.8) is 0 Å². The van der Waals surface area contributed by atoms with Crippen LogP contribution < -0.4 is 0 Å². The summed E-state index contributed by atoms with van der Waals surface area (Å²) in [5.74, 6) is 0. The second-order valence-corrected chi connectivity index (χ2v) is 5.68. The summed E-state index contributed by atoms with van der Waals surface area (Å²) in [6, 6.07) is 2.55. The van der Waals surface area contributed by atoms with Crippen molar-refractivity contribution in [2.24, 2.45) is 7.05 Å². The quantitative estimate of drug-likeness (QED) is 0.828. The first-order valence-corrected chi connectivity index (χ1v) is 7.06. The van der Waals surface area contributed by atoms with Crippen molar-refractivity contribution >= 4 is 0 Å². The van der Waals surface area contributed by atoms with Gasteiger partial charge in [0.1, 0.15) is 0 Å². The Hall–Kier alpha value is -1.62. The smallest absolute Gasteiger partial charge is 0.0773 e. The molecule has 1 aliphatic carbocycles. The Morgan fingerprint density at radius 3 is 3.00 bits per heavy atom. The maximum atomic E-state index is 4.64. The minimum Gasteiger partial charge on any atom is -0.293 e.